The van der Waals surface area contributed by atoms with Gasteiger partial charge in [0.2, 0.25) is 10.0 Å². The van der Waals surface area contributed by atoms with Crippen molar-refractivity contribution in [3.63, 3.8) is 0 Å². The zero-order chi connectivity index (χ0) is 18.4. The van der Waals surface area contributed by atoms with Crippen LogP contribution in [-0.2, 0) is 14.8 Å². The van der Waals surface area contributed by atoms with Gasteiger partial charge in [0.25, 0.3) is 0 Å². The standard InChI is InChI=1S/C17H19ClN2O4S/c1-3-24-17(21)19-15-8-10-16(11-9-15)25(22,23)20-12(2)13-4-6-14(18)7-5-13/h4-12,20H,3H2,1-2H3,(H,19,21)/t12-/m1/s1. The SMILES string of the molecule is CCOC(=O)Nc1ccc(S(=O)(=O)N[C@H](C)c2ccc(Cl)cc2)cc1. The van der Waals surface area contributed by atoms with Gasteiger partial charge >= 0.3 is 6.09 Å². The molecule has 0 spiro atoms. The van der Waals surface area contributed by atoms with E-state index in [1.165, 1.54) is 24.3 Å². The van der Waals surface area contributed by atoms with Crippen molar-refractivity contribution in [2.24, 2.45) is 0 Å². The van der Waals surface area contributed by atoms with Gasteiger partial charge in [0.1, 0.15) is 0 Å². The summed E-state index contributed by atoms with van der Waals surface area (Å²) in [5, 5.41) is 3.09. The average Bonchev–Trinajstić information content (AvgIpc) is 2.55. The van der Waals surface area contributed by atoms with Crippen LogP contribution in [0.2, 0.25) is 5.02 Å². The Hall–Kier alpha value is -2.09. The second kappa shape index (κ2) is 8.33. The molecule has 6 nitrogen and oxygen atoms in total. The molecule has 134 valence electrons. The lowest BCUT2D eigenvalue weighted by Crippen LogP contribution is -2.26. The Morgan fingerprint density at radius 3 is 2.28 bits per heavy atom. The third-order valence-corrected chi connectivity index (χ3v) is 5.20. The molecule has 0 saturated heterocycles. The molecule has 1 atom stereocenters. The Labute approximate surface area is 152 Å². The summed E-state index contributed by atoms with van der Waals surface area (Å²) < 4.78 is 32.3. The minimum atomic E-state index is -3.70. The first-order valence-electron chi connectivity index (χ1n) is 7.63. The number of rotatable bonds is 6. The average molecular weight is 383 g/mol. The van der Waals surface area contributed by atoms with Crippen molar-refractivity contribution in [1.29, 1.82) is 0 Å². The number of hydrogen-bond donors (Lipinski definition) is 2. The Balaban J connectivity index is 2.08. The predicted octanol–water partition coefficient (Wildman–Crippen LogP) is 3.95. The molecule has 0 aliphatic heterocycles. The van der Waals surface area contributed by atoms with Crippen LogP contribution < -0.4 is 10.0 Å². The molecule has 0 unspecified atom stereocenters. The van der Waals surface area contributed by atoms with E-state index in [0.717, 1.165) is 5.56 Å². The smallest absolute Gasteiger partial charge is 0.411 e. The first-order chi connectivity index (χ1) is 11.8. The first-order valence-corrected chi connectivity index (χ1v) is 9.49. The number of benzene rings is 2. The van der Waals surface area contributed by atoms with E-state index >= 15 is 0 Å². The van der Waals surface area contributed by atoms with Gasteiger partial charge in [-0.1, -0.05) is 23.7 Å². The van der Waals surface area contributed by atoms with E-state index in [1.54, 1.807) is 38.1 Å². The second-order valence-electron chi connectivity index (χ2n) is 5.26. The van der Waals surface area contributed by atoms with Gasteiger partial charge in [-0.3, -0.25) is 5.32 Å². The Kier molecular flexibility index (Phi) is 6.41. The molecule has 2 N–H and O–H groups in total. The Bertz CT molecular complexity index is 821. The zero-order valence-corrected chi connectivity index (χ0v) is 15.4. The zero-order valence-electron chi connectivity index (χ0n) is 13.8. The van der Waals surface area contributed by atoms with E-state index < -0.39 is 22.2 Å². The van der Waals surface area contributed by atoms with Gasteiger partial charge in [0, 0.05) is 16.8 Å². The molecule has 0 saturated carbocycles. The van der Waals surface area contributed by atoms with Gasteiger partial charge in [0.15, 0.2) is 0 Å². The molecule has 0 heterocycles. The molecule has 2 aromatic carbocycles. The van der Waals surface area contributed by atoms with Crippen LogP contribution in [0.1, 0.15) is 25.5 Å². The van der Waals surface area contributed by atoms with E-state index in [-0.39, 0.29) is 11.5 Å². The molecule has 2 aromatic rings. The van der Waals surface area contributed by atoms with Crippen molar-refractivity contribution < 1.29 is 17.9 Å². The molecule has 0 radical (unpaired) electrons. The van der Waals surface area contributed by atoms with Crippen LogP contribution in [0.3, 0.4) is 0 Å². The number of anilines is 1. The number of nitrogens with one attached hydrogen (secondary N) is 2. The maximum Gasteiger partial charge on any atom is 0.411 e. The van der Waals surface area contributed by atoms with Crippen LogP contribution in [0.25, 0.3) is 0 Å². The lowest BCUT2D eigenvalue weighted by atomic mass is 10.1. The highest BCUT2D eigenvalue weighted by molar-refractivity contribution is 7.89. The van der Waals surface area contributed by atoms with Gasteiger partial charge in [-0.25, -0.2) is 17.9 Å². The fourth-order valence-electron chi connectivity index (χ4n) is 2.12. The Morgan fingerprint density at radius 2 is 1.72 bits per heavy atom. The summed E-state index contributed by atoms with van der Waals surface area (Å²) in [6, 6.07) is 12.4. The van der Waals surface area contributed by atoms with Gasteiger partial charge < -0.3 is 4.74 Å². The second-order valence-corrected chi connectivity index (χ2v) is 7.41. The van der Waals surface area contributed by atoms with Crippen LogP contribution in [0, 0.1) is 0 Å². The van der Waals surface area contributed by atoms with Gasteiger partial charge in [-0.05, 0) is 55.8 Å². The van der Waals surface area contributed by atoms with Gasteiger partial charge in [-0.2, -0.15) is 0 Å². The quantitative estimate of drug-likeness (QED) is 0.792. The van der Waals surface area contributed by atoms with Crippen LogP contribution in [0.15, 0.2) is 53.4 Å². The molecule has 0 aliphatic rings. The lowest BCUT2D eigenvalue weighted by Gasteiger charge is -2.15. The van der Waals surface area contributed by atoms with Crippen molar-refractivity contribution in [2.75, 3.05) is 11.9 Å². The minimum absolute atomic E-state index is 0.0997. The Morgan fingerprint density at radius 1 is 1.12 bits per heavy atom. The summed E-state index contributed by atoms with van der Waals surface area (Å²) >= 11 is 5.84. The largest absolute Gasteiger partial charge is 0.450 e. The summed E-state index contributed by atoms with van der Waals surface area (Å²) in [4.78, 5) is 11.4. The van der Waals surface area contributed by atoms with Crippen molar-refractivity contribution in [1.82, 2.24) is 4.72 Å². The molecule has 0 bridgehead atoms. The maximum absolute atomic E-state index is 12.5. The highest BCUT2D eigenvalue weighted by Crippen LogP contribution is 2.20. The molecular formula is C17H19ClN2O4S. The maximum atomic E-state index is 12.5. The topological polar surface area (TPSA) is 84.5 Å². The molecule has 0 aliphatic carbocycles. The summed E-state index contributed by atoms with van der Waals surface area (Å²) in [6.07, 6.45) is -0.590. The third kappa shape index (κ3) is 5.45. The normalized spacial score (nSPS) is 12.4. The van der Waals surface area contributed by atoms with E-state index in [9.17, 15) is 13.2 Å². The summed E-state index contributed by atoms with van der Waals surface area (Å²) in [7, 11) is -3.70. The summed E-state index contributed by atoms with van der Waals surface area (Å²) in [6.45, 7) is 3.70. The van der Waals surface area contributed by atoms with Crippen LogP contribution in [0.5, 0.6) is 0 Å². The number of ether oxygens (including phenoxy) is 1. The van der Waals surface area contributed by atoms with E-state index in [4.69, 9.17) is 16.3 Å². The van der Waals surface area contributed by atoms with Crippen LogP contribution in [-0.4, -0.2) is 21.1 Å². The molecule has 8 heteroatoms. The highest BCUT2D eigenvalue weighted by atomic mass is 35.5. The van der Waals surface area contributed by atoms with Gasteiger partial charge in [-0.15, -0.1) is 0 Å². The fraction of sp³-hybridized carbons (Fsp3) is 0.235. The fourth-order valence-corrected chi connectivity index (χ4v) is 3.48. The van der Waals surface area contributed by atoms with Crippen LogP contribution in [0.4, 0.5) is 10.5 Å². The molecule has 25 heavy (non-hydrogen) atoms. The predicted molar refractivity (Wildman–Crippen MR) is 97.3 cm³/mol. The van der Waals surface area contributed by atoms with Gasteiger partial charge in [0.05, 0.1) is 11.5 Å². The number of carbonyl (C=O) groups excluding carboxylic acids is 1. The van der Waals surface area contributed by atoms with Crippen molar-refractivity contribution in [3.8, 4) is 0 Å². The monoisotopic (exact) mass is 382 g/mol. The van der Waals surface area contributed by atoms with Crippen molar-refractivity contribution in [3.05, 3.63) is 59.1 Å². The van der Waals surface area contributed by atoms with Crippen molar-refractivity contribution >= 4 is 33.4 Å². The third-order valence-electron chi connectivity index (χ3n) is 3.39. The van der Waals surface area contributed by atoms with Crippen molar-refractivity contribution in [2.45, 2.75) is 24.8 Å². The molecular weight excluding hydrogens is 364 g/mol. The number of amides is 1. The minimum Gasteiger partial charge on any atom is -0.450 e. The summed E-state index contributed by atoms with van der Waals surface area (Å²) in [5.41, 5.74) is 1.25. The van der Waals surface area contributed by atoms with E-state index in [1.807, 2.05) is 0 Å². The number of halogens is 1. The van der Waals surface area contributed by atoms with Crippen LogP contribution >= 0.6 is 11.6 Å². The highest BCUT2D eigenvalue weighted by Gasteiger charge is 2.18. The molecule has 0 fully saturated rings. The lowest BCUT2D eigenvalue weighted by molar-refractivity contribution is 0.168. The molecule has 1 amide bonds. The van der Waals surface area contributed by atoms with E-state index in [0.29, 0.717) is 10.7 Å². The number of sulfonamides is 1. The van der Waals surface area contributed by atoms with E-state index in [2.05, 4.69) is 10.0 Å². The first kappa shape index (κ1) is 19.2. The molecule has 2 rings (SSSR count). The molecule has 0 aromatic heterocycles. The summed E-state index contributed by atoms with van der Waals surface area (Å²) in [5.74, 6) is 0. The number of hydrogen-bond acceptors (Lipinski definition) is 4. The number of carbonyl (C=O) groups is 1.